The summed E-state index contributed by atoms with van der Waals surface area (Å²) in [5.74, 6) is -0.237. The molecule has 22 heavy (non-hydrogen) atoms. The van der Waals surface area contributed by atoms with Gasteiger partial charge in [0.1, 0.15) is 0 Å². The number of rotatable bonds is 4. The van der Waals surface area contributed by atoms with Crippen LogP contribution < -0.4 is 10.6 Å². The number of hydrogen-bond acceptors (Lipinski definition) is 4. The van der Waals surface area contributed by atoms with E-state index in [1.807, 2.05) is 43.3 Å². The standard InChI is InChI=1S/C17H20N4O/c1-20(2)14-10-8-13(9-11-14)12-19-21(3)17(22)15-6-4-5-7-16(15)18/h4-12H,18H2,1-3H3/b19-12-. The van der Waals surface area contributed by atoms with Gasteiger partial charge in [-0.2, -0.15) is 5.10 Å². The highest BCUT2D eigenvalue weighted by molar-refractivity contribution is 5.99. The van der Waals surface area contributed by atoms with E-state index in [4.69, 9.17) is 5.73 Å². The average molecular weight is 296 g/mol. The van der Waals surface area contributed by atoms with Crippen LogP contribution in [0.15, 0.2) is 53.6 Å². The fourth-order valence-electron chi connectivity index (χ4n) is 1.93. The molecule has 5 nitrogen and oxygen atoms in total. The van der Waals surface area contributed by atoms with Crippen LogP contribution in [-0.4, -0.2) is 38.3 Å². The summed E-state index contributed by atoms with van der Waals surface area (Å²) in [5.41, 5.74) is 8.74. The number of para-hydroxylation sites is 1. The second-order valence-corrected chi connectivity index (χ2v) is 5.15. The molecule has 0 heterocycles. The van der Waals surface area contributed by atoms with Crippen LogP contribution in [0, 0.1) is 0 Å². The molecule has 0 aliphatic carbocycles. The van der Waals surface area contributed by atoms with E-state index in [1.54, 1.807) is 37.5 Å². The van der Waals surface area contributed by atoms with E-state index in [0.29, 0.717) is 11.3 Å². The fraction of sp³-hybridized carbons (Fsp3) is 0.176. The van der Waals surface area contributed by atoms with Crippen molar-refractivity contribution in [2.75, 3.05) is 31.8 Å². The van der Waals surface area contributed by atoms with Crippen molar-refractivity contribution in [1.29, 1.82) is 0 Å². The summed E-state index contributed by atoms with van der Waals surface area (Å²) in [6.45, 7) is 0. The second kappa shape index (κ2) is 6.76. The lowest BCUT2D eigenvalue weighted by Gasteiger charge is -2.13. The van der Waals surface area contributed by atoms with Crippen molar-refractivity contribution >= 4 is 23.5 Å². The zero-order valence-corrected chi connectivity index (χ0v) is 13.0. The Morgan fingerprint density at radius 2 is 1.68 bits per heavy atom. The molecule has 0 saturated carbocycles. The normalized spacial score (nSPS) is 10.7. The number of amides is 1. The van der Waals surface area contributed by atoms with Gasteiger partial charge < -0.3 is 10.6 Å². The molecule has 0 unspecified atom stereocenters. The average Bonchev–Trinajstić information content (AvgIpc) is 2.52. The molecular formula is C17H20N4O. The highest BCUT2D eigenvalue weighted by atomic mass is 16.2. The van der Waals surface area contributed by atoms with Gasteiger partial charge in [-0.15, -0.1) is 0 Å². The number of benzene rings is 2. The minimum Gasteiger partial charge on any atom is -0.398 e. The van der Waals surface area contributed by atoms with Crippen molar-refractivity contribution < 1.29 is 4.79 Å². The molecule has 1 amide bonds. The summed E-state index contributed by atoms with van der Waals surface area (Å²) < 4.78 is 0. The van der Waals surface area contributed by atoms with Crippen molar-refractivity contribution in [2.24, 2.45) is 5.10 Å². The van der Waals surface area contributed by atoms with E-state index in [1.165, 1.54) is 5.01 Å². The summed E-state index contributed by atoms with van der Waals surface area (Å²) in [4.78, 5) is 14.3. The molecule has 0 saturated heterocycles. The molecule has 0 spiro atoms. The fourth-order valence-corrected chi connectivity index (χ4v) is 1.93. The number of hydrazone groups is 1. The molecule has 2 aromatic carbocycles. The van der Waals surface area contributed by atoms with Gasteiger partial charge in [0.05, 0.1) is 11.8 Å². The van der Waals surface area contributed by atoms with Gasteiger partial charge in [-0.05, 0) is 29.8 Å². The second-order valence-electron chi connectivity index (χ2n) is 5.15. The number of nitrogens with zero attached hydrogens (tertiary/aromatic N) is 3. The Balaban J connectivity index is 2.09. The number of anilines is 2. The van der Waals surface area contributed by atoms with Gasteiger partial charge in [0.15, 0.2) is 0 Å². The third kappa shape index (κ3) is 3.63. The number of nitrogens with two attached hydrogens (primary N) is 1. The molecule has 2 rings (SSSR count). The maximum Gasteiger partial charge on any atom is 0.275 e. The molecule has 0 aliphatic rings. The van der Waals surface area contributed by atoms with Crippen LogP contribution in [0.25, 0.3) is 0 Å². The first-order valence-corrected chi connectivity index (χ1v) is 6.93. The number of carbonyl (C=O) groups is 1. The smallest absolute Gasteiger partial charge is 0.275 e. The summed E-state index contributed by atoms with van der Waals surface area (Å²) in [5, 5.41) is 5.46. The van der Waals surface area contributed by atoms with Gasteiger partial charge in [0, 0.05) is 32.5 Å². The Bertz CT molecular complexity index is 677. The summed E-state index contributed by atoms with van der Waals surface area (Å²) in [6.07, 6.45) is 1.65. The first-order valence-electron chi connectivity index (χ1n) is 6.93. The van der Waals surface area contributed by atoms with Crippen molar-refractivity contribution in [2.45, 2.75) is 0 Å². The Kier molecular flexibility index (Phi) is 4.78. The monoisotopic (exact) mass is 296 g/mol. The number of nitrogen functional groups attached to an aromatic ring is 1. The maximum atomic E-state index is 12.3. The molecule has 114 valence electrons. The molecule has 5 heteroatoms. The minimum atomic E-state index is -0.237. The topological polar surface area (TPSA) is 61.9 Å². The molecule has 0 aliphatic heterocycles. The van der Waals surface area contributed by atoms with E-state index >= 15 is 0 Å². The van der Waals surface area contributed by atoms with Gasteiger partial charge in [-0.25, -0.2) is 5.01 Å². The van der Waals surface area contributed by atoms with E-state index in [2.05, 4.69) is 5.10 Å². The Hall–Kier alpha value is -2.82. The zero-order valence-electron chi connectivity index (χ0n) is 13.0. The highest BCUT2D eigenvalue weighted by Crippen LogP contribution is 2.14. The van der Waals surface area contributed by atoms with Crippen LogP contribution in [0.1, 0.15) is 15.9 Å². The van der Waals surface area contributed by atoms with Crippen LogP contribution in [0.3, 0.4) is 0 Å². The minimum absolute atomic E-state index is 0.237. The van der Waals surface area contributed by atoms with E-state index in [9.17, 15) is 4.79 Å². The van der Waals surface area contributed by atoms with E-state index in [-0.39, 0.29) is 5.91 Å². The summed E-state index contributed by atoms with van der Waals surface area (Å²) in [7, 11) is 5.58. The molecule has 0 fully saturated rings. The van der Waals surface area contributed by atoms with Gasteiger partial charge in [-0.3, -0.25) is 4.79 Å². The lowest BCUT2D eigenvalue weighted by molar-refractivity contribution is 0.0801. The summed E-state index contributed by atoms with van der Waals surface area (Å²) in [6, 6.07) is 14.9. The third-order valence-electron chi connectivity index (χ3n) is 3.27. The first-order chi connectivity index (χ1) is 10.5. The molecule has 0 atom stereocenters. The van der Waals surface area contributed by atoms with Crippen LogP contribution >= 0.6 is 0 Å². The number of carbonyl (C=O) groups excluding carboxylic acids is 1. The quantitative estimate of drug-likeness (QED) is 0.535. The lowest BCUT2D eigenvalue weighted by Crippen LogP contribution is -2.22. The maximum absolute atomic E-state index is 12.3. The van der Waals surface area contributed by atoms with Crippen LogP contribution in [0.4, 0.5) is 11.4 Å². The molecule has 2 aromatic rings. The Labute approximate surface area is 130 Å². The van der Waals surface area contributed by atoms with Crippen molar-refractivity contribution in [3.8, 4) is 0 Å². The summed E-state index contributed by atoms with van der Waals surface area (Å²) >= 11 is 0. The first kappa shape index (κ1) is 15.6. The van der Waals surface area contributed by atoms with Crippen molar-refractivity contribution in [1.82, 2.24) is 5.01 Å². The van der Waals surface area contributed by atoms with Crippen molar-refractivity contribution in [3.05, 3.63) is 59.7 Å². The molecule has 0 aromatic heterocycles. The lowest BCUT2D eigenvalue weighted by atomic mass is 10.1. The molecular weight excluding hydrogens is 276 g/mol. The van der Waals surface area contributed by atoms with Crippen LogP contribution in [-0.2, 0) is 0 Å². The Morgan fingerprint density at radius 1 is 1.05 bits per heavy atom. The van der Waals surface area contributed by atoms with Crippen molar-refractivity contribution in [3.63, 3.8) is 0 Å². The van der Waals surface area contributed by atoms with Crippen LogP contribution in [0.2, 0.25) is 0 Å². The number of hydrogen-bond donors (Lipinski definition) is 1. The van der Waals surface area contributed by atoms with Gasteiger partial charge in [0.25, 0.3) is 5.91 Å². The highest BCUT2D eigenvalue weighted by Gasteiger charge is 2.12. The molecule has 0 bridgehead atoms. The third-order valence-corrected chi connectivity index (χ3v) is 3.27. The molecule has 2 N–H and O–H groups in total. The van der Waals surface area contributed by atoms with Gasteiger partial charge >= 0.3 is 0 Å². The SMILES string of the molecule is CN(/N=C\c1ccc(N(C)C)cc1)C(=O)c1ccccc1N. The van der Waals surface area contributed by atoms with Gasteiger partial charge in [-0.1, -0.05) is 24.3 Å². The predicted octanol–water partition coefficient (Wildman–Crippen LogP) is 2.44. The van der Waals surface area contributed by atoms with E-state index in [0.717, 1.165) is 11.3 Å². The Morgan fingerprint density at radius 3 is 2.27 bits per heavy atom. The van der Waals surface area contributed by atoms with Gasteiger partial charge in [0.2, 0.25) is 0 Å². The zero-order chi connectivity index (χ0) is 16.1. The van der Waals surface area contributed by atoms with Crippen LogP contribution in [0.5, 0.6) is 0 Å². The van der Waals surface area contributed by atoms with E-state index < -0.39 is 0 Å². The molecule has 0 radical (unpaired) electrons. The largest absolute Gasteiger partial charge is 0.398 e. The predicted molar refractivity (Wildman–Crippen MR) is 91.3 cm³/mol.